The van der Waals surface area contributed by atoms with E-state index in [1.807, 2.05) is 0 Å². The zero-order chi connectivity index (χ0) is 7.40. The fraction of sp³-hybridized carbons (Fsp3) is 0.857. The minimum atomic E-state index is 0.00926. The van der Waals surface area contributed by atoms with Gasteiger partial charge < -0.3 is 10.4 Å². The normalized spacial score (nSPS) is 27.3. The van der Waals surface area contributed by atoms with Gasteiger partial charge in [0.1, 0.15) is 0 Å². The molecule has 1 saturated heterocycles. The summed E-state index contributed by atoms with van der Waals surface area (Å²) in [5.74, 6) is 0.0801. The number of hydrogen-bond acceptors (Lipinski definition) is 2. The molecular formula is C7H13NO2. The molecule has 0 aromatic heterocycles. The first-order valence-electron chi connectivity index (χ1n) is 3.73. The van der Waals surface area contributed by atoms with Gasteiger partial charge in [0.2, 0.25) is 5.91 Å². The molecule has 10 heavy (non-hydrogen) atoms. The van der Waals surface area contributed by atoms with Crippen LogP contribution in [0.5, 0.6) is 0 Å². The minimum absolute atomic E-state index is 0.00926. The van der Waals surface area contributed by atoms with E-state index >= 15 is 0 Å². The van der Waals surface area contributed by atoms with Crippen LogP contribution in [-0.4, -0.2) is 23.7 Å². The van der Waals surface area contributed by atoms with Crippen molar-refractivity contribution in [2.75, 3.05) is 6.61 Å². The van der Waals surface area contributed by atoms with Crippen molar-refractivity contribution in [2.45, 2.75) is 31.7 Å². The average Bonchev–Trinajstić information content (AvgIpc) is 2.13. The third kappa shape index (κ3) is 1.99. The van der Waals surface area contributed by atoms with Gasteiger partial charge in [0, 0.05) is 6.42 Å². The fourth-order valence-corrected chi connectivity index (χ4v) is 1.19. The van der Waals surface area contributed by atoms with Crippen molar-refractivity contribution in [3.8, 4) is 0 Å². The van der Waals surface area contributed by atoms with Crippen LogP contribution >= 0.6 is 0 Å². The van der Waals surface area contributed by atoms with E-state index in [-0.39, 0.29) is 18.6 Å². The molecule has 58 valence electrons. The molecule has 1 fully saturated rings. The molecule has 1 heterocycles. The Balaban J connectivity index is 2.38. The van der Waals surface area contributed by atoms with Gasteiger partial charge in [-0.15, -0.1) is 0 Å². The molecule has 1 atom stereocenters. The summed E-state index contributed by atoms with van der Waals surface area (Å²) >= 11 is 0. The Morgan fingerprint density at radius 2 is 2.40 bits per heavy atom. The minimum Gasteiger partial charge on any atom is -0.394 e. The maximum atomic E-state index is 10.8. The molecular weight excluding hydrogens is 130 g/mol. The number of amides is 1. The number of carbonyl (C=O) groups is 1. The largest absolute Gasteiger partial charge is 0.394 e. The van der Waals surface area contributed by atoms with Gasteiger partial charge >= 0.3 is 0 Å². The van der Waals surface area contributed by atoms with Gasteiger partial charge in [-0.1, -0.05) is 6.42 Å². The van der Waals surface area contributed by atoms with Crippen molar-refractivity contribution in [1.29, 1.82) is 0 Å². The molecule has 0 radical (unpaired) electrons. The van der Waals surface area contributed by atoms with Crippen LogP contribution in [0.1, 0.15) is 25.7 Å². The van der Waals surface area contributed by atoms with Gasteiger partial charge in [0.15, 0.2) is 0 Å². The lowest BCUT2D eigenvalue weighted by molar-refractivity contribution is -0.121. The standard InChI is InChI=1S/C7H13NO2/c9-5-6-3-1-2-4-7(10)8-6/h6,9H,1-5H2,(H,8,10)/t6-/m1/s1. The Bertz CT molecular complexity index is 125. The van der Waals surface area contributed by atoms with Crippen LogP contribution < -0.4 is 5.32 Å². The second-order valence-electron chi connectivity index (χ2n) is 2.69. The summed E-state index contributed by atoms with van der Waals surface area (Å²) in [7, 11) is 0. The van der Waals surface area contributed by atoms with E-state index in [0.29, 0.717) is 6.42 Å². The Morgan fingerprint density at radius 3 is 3.10 bits per heavy atom. The van der Waals surface area contributed by atoms with Crippen molar-refractivity contribution in [2.24, 2.45) is 0 Å². The van der Waals surface area contributed by atoms with Gasteiger partial charge in [-0.25, -0.2) is 0 Å². The highest BCUT2D eigenvalue weighted by Gasteiger charge is 2.14. The van der Waals surface area contributed by atoms with E-state index in [4.69, 9.17) is 5.11 Å². The third-order valence-electron chi connectivity index (χ3n) is 1.79. The predicted octanol–water partition coefficient (Wildman–Crippen LogP) is 0.0375. The smallest absolute Gasteiger partial charge is 0.220 e. The molecule has 0 bridgehead atoms. The third-order valence-corrected chi connectivity index (χ3v) is 1.79. The molecule has 3 heteroatoms. The van der Waals surface area contributed by atoms with Crippen molar-refractivity contribution in [1.82, 2.24) is 5.32 Å². The Kier molecular flexibility index (Phi) is 2.68. The first-order valence-corrected chi connectivity index (χ1v) is 3.73. The summed E-state index contributed by atoms with van der Waals surface area (Å²) in [5.41, 5.74) is 0. The molecule has 0 unspecified atom stereocenters. The van der Waals surface area contributed by atoms with E-state index < -0.39 is 0 Å². The molecule has 1 rings (SSSR count). The van der Waals surface area contributed by atoms with E-state index in [2.05, 4.69) is 5.32 Å². The van der Waals surface area contributed by atoms with Gasteiger partial charge in [-0.3, -0.25) is 4.79 Å². The first kappa shape index (κ1) is 7.54. The summed E-state index contributed by atoms with van der Waals surface area (Å²) < 4.78 is 0. The van der Waals surface area contributed by atoms with Crippen molar-refractivity contribution in [3.05, 3.63) is 0 Å². The SMILES string of the molecule is O=C1CCCC[C@H](CO)N1. The Labute approximate surface area is 60.4 Å². The highest BCUT2D eigenvalue weighted by molar-refractivity contribution is 5.76. The van der Waals surface area contributed by atoms with Crippen molar-refractivity contribution < 1.29 is 9.90 Å². The van der Waals surface area contributed by atoms with Crippen LogP contribution in [0.15, 0.2) is 0 Å². The van der Waals surface area contributed by atoms with Crippen LogP contribution in [0.2, 0.25) is 0 Å². The van der Waals surface area contributed by atoms with E-state index in [1.165, 1.54) is 0 Å². The molecule has 0 aliphatic carbocycles. The highest BCUT2D eigenvalue weighted by Crippen LogP contribution is 2.08. The molecule has 2 N–H and O–H groups in total. The van der Waals surface area contributed by atoms with Crippen molar-refractivity contribution in [3.63, 3.8) is 0 Å². The number of carbonyl (C=O) groups excluding carboxylic acids is 1. The Morgan fingerprint density at radius 1 is 1.60 bits per heavy atom. The van der Waals surface area contributed by atoms with Crippen LogP contribution in [-0.2, 0) is 4.79 Å². The molecule has 1 aliphatic heterocycles. The summed E-state index contributed by atoms with van der Waals surface area (Å²) in [4.78, 5) is 10.8. The quantitative estimate of drug-likeness (QED) is 0.544. The lowest BCUT2D eigenvalue weighted by Gasteiger charge is -2.10. The van der Waals surface area contributed by atoms with Crippen molar-refractivity contribution >= 4 is 5.91 Å². The fourth-order valence-electron chi connectivity index (χ4n) is 1.19. The number of aliphatic hydroxyl groups is 1. The topological polar surface area (TPSA) is 49.3 Å². The van der Waals surface area contributed by atoms with Crippen LogP contribution in [0, 0.1) is 0 Å². The maximum absolute atomic E-state index is 10.8. The summed E-state index contributed by atoms with van der Waals surface area (Å²) in [6.45, 7) is 0.0751. The van der Waals surface area contributed by atoms with Gasteiger partial charge in [0.05, 0.1) is 12.6 Å². The lowest BCUT2D eigenvalue weighted by atomic mass is 10.1. The second-order valence-corrected chi connectivity index (χ2v) is 2.69. The molecule has 3 nitrogen and oxygen atoms in total. The van der Waals surface area contributed by atoms with Gasteiger partial charge in [-0.05, 0) is 12.8 Å². The number of nitrogens with one attached hydrogen (secondary N) is 1. The molecule has 1 aliphatic rings. The summed E-state index contributed by atoms with van der Waals surface area (Å²) in [5, 5.41) is 11.5. The van der Waals surface area contributed by atoms with E-state index in [0.717, 1.165) is 19.3 Å². The molecule has 1 amide bonds. The highest BCUT2D eigenvalue weighted by atomic mass is 16.3. The van der Waals surface area contributed by atoms with E-state index in [9.17, 15) is 4.79 Å². The summed E-state index contributed by atoms with van der Waals surface area (Å²) in [6, 6.07) is 0.00926. The van der Waals surface area contributed by atoms with Crippen LogP contribution in [0.25, 0.3) is 0 Å². The number of aliphatic hydroxyl groups excluding tert-OH is 1. The molecule has 0 aromatic rings. The average molecular weight is 143 g/mol. The lowest BCUT2D eigenvalue weighted by Crippen LogP contribution is -2.35. The predicted molar refractivity (Wildman–Crippen MR) is 37.5 cm³/mol. The number of hydrogen-bond donors (Lipinski definition) is 2. The van der Waals surface area contributed by atoms with Crippen LogP contribution in [0.4, 0.5) is 0 Å². The second kappa shape index (κ2) is 3.56. The molecule has 0 aromatic carbocycles. The zero-order valence-corrected chi connectivity index (χ0v) is 5.97. The van der Waals surface area contributed by atoms with Crippen LogP contribution in [0.3, 0.4) is 0 Å². The van der Waals surface area contributed by atoms with Gasteiger partial charge in [-0.2, -0.15) is 0 Å². The first-order chi connectivity index (χ1) is 4.83. The number of rotatable bonds is 1. The Hall–Kier alpha value is -0.570. The zero-order valence-electron chi connectivity index (χ0n) is 5.97. The maximum Gasteiger partial charge on any atom is 0.220 e. The summed E-state index contributed by atoms with van der Waals surface area (Å²) in [6.07, 6.45) is 3.55. The van der Waals surface area contributed by atoms with E-state index in [1.54, 1.807) is 0 Å². The van der Waals surface area contributed by atoms with Gasteiger partial charge in [0.25, 0.3) is 0 Å². The monoisotopic (exact) mass is 143 g/mol. The molecule has 0 saturated carbocycles. The molecule has 0 spiro atoms.